The molecule has 0 aliphatic heterocycles. The minimum atomic E-state index is -3.57. The molecule has 2 N–H and O–H groups in total. The van der Waals surface area contributed by atoms with E-state index in [1.54, 1.807) is 30.4 Å². The van der Waals surface area contributed by atoms with E-state index >= 15 is 0 Å². The third-order valence-corrected chi connectivity index (χ3v) is 5.78. The van der Waals surface area contributed by atoms with Crippen molar-refractivity contribution in [2.45, 2.75) is 37.8 Å². The molecule has 0 saturated carbocycles. The lowest BCUT2D eigenvalue weighted by Crippen LogP contribution is -2.23. The maximum absolute atomic E-state index is 12.3. The van der Waals surface area contributed by atoms with Crippen molar-refractivity contribution in [1.29, 1.82) is 0 Å². The van der Waals surface area contributed by atoms with Crippen LogP contribution in [0.4, 0.5) is 0 Å². The number of sulfonamides is 1. The first kappa shape index (κ1) is 16.2. The Morgan fingerprint density at radius 3 is 2.57 bits per heavy atom. The molecule has 4 nitrogen and oxygen atoms in total. The van der Waals surface area contributed by atoms with E-state index in [9.17, 15) is 13.5 Å². The Kier molecular flexibility index (Phi) is 5.16. The largest absolute Gasteiger partial charge is 0.389 e. The number of aryl methyl sites for hydroxylation is 1. The third kappa shape index (κ3) is 4.14. The molecular formula is C15H19NO3S2. The lowest BCUT2D eigenvalue weighted by molar-refractivity contribution is 0.199. The second kappa shape index (κ2) is 6.70. The second-order valence-electron chi connectivity index (χ2n) is 4.79. The van der Waals surface area contributed by atoms with Crippen molar-refractivity contribution in [2.75, 3.05) is 0 Å². The number of hydrogen-bond donors (Lipinski definition) is 2. The van der Waals surface area contributed by atoms with Gasteiger partial charge < -0.3 is 5.11 Å². The second-order valence-corrected chi connectivity index (χ2v) is 7.81. The molecule has 0 radical (unpaired) electrons. The van der Waals surface area contributed by atoms with Crippen LogP contribution in [0.2, 0.25) is 0 Å². The Morgan fingerprint density at radius 1 is 1.24 bits per heavy atom. The minimum absolute atomic E-state index is 0.174. The molecule has 0 bridgehead atoms. The van der Waals surface area contributed by atoms with E-state index in [2.05, 4.69) is 11.6 Å². The molecule has 1 aromatic heterocycles. The monoisotopic (exact) mass is 325 g/mol. The fourth-order valence-electron chi connectivity index (χ4n) is 1.90. The van der Waals surface area contributed by atoms with Crippen molar-refractivity contribution >= 4 is 21.4 Å². The maximum atomic E-state index is 12.3. The third-order valence-electron chi connectivity index (χ3n) is 3.15. The minimum Gasteiger partial charge on any atom is -0.389 e. The van der Waals surface area contributed by atoms with Gasteiger partial charge in [0.25, 0.3) is 0 Å². The van der Waals surface area contributed by atoms with Crippen molar-refractivity contribution in [2.24, 2.45) is 0 Å². The smallest absolute Gasteiger partial charge is 0.240 e. The van der Waals surface area contributed by atoms with Crippen LogP contribution in [0.5, 0.6) is 0 Å². The van der Waals surface area contributed by atoms with Gasteiger partial charge in [0.2, 0.25) is 10.0 Å². The van der Waals surface area contributed by atoms with E-state index in [0.717, 1.165) is 11.3 Å². The van der Waals surface area contributed by atoms with Crippen molar-refractivity contribution in [3.8, 4) is 0 Å². The van der Waals surface area contributed by atoms with Gasteiger partial charge in [-0.3, -0.25) is 0 Å². The van der Waals surface area contributed by atoms with Crippen LogP contribution in [0.3, 0.4) is 0 Å². The number of benzene rings is 1. The van der Waals surface area contributed by atoms with Gasteiger partial charge >= 0.3 is 0 Å². The van der Waals surface area contributed by atoms with Gasteiger partial charge in [0.15, 0.2) is 0 Å². The van der Waals surface area contributed by atoms with Gasteiger partial charge in [0.05, 0.1) is 11.0 Å². The molecule has 1 aromatic carbocycles. The first-order valence-corrected chi connectivity index (χ1v) is 9.07. The van der Waals surface area contributed by atoms with Crippen molar-refractivity contribution in [3.63, 3.8) is 0 Å². The summed E-state index contributed by atoms with van der Waals surface area (Å²) < 4.78 is 27.1. The van der Waals surface area contributed by atoms with Crippen molar-refractivity contribution < 1.29 is 13.5 Å². The summed E-state index contributed by atoms with van der Waals surface area (Å²) in [5.41, 5.74) is 0.585. The predicted molar refractivity (Wildman–Crippen MR) is 84.8 cm³/mol. The summed E-state index contributed by atoms with van der Waals surface area (Å²) in [6, 6.07) is 10.3. The van der Waals surface area contributed by atoms with Gasteiger partial charge in [-0.15, -0.1) is 11.3 Å². The first-order valence-electron chi connectivity index (χ1n) is 6.77. The maximum Gasteiger partial charge on any atom is 0.240 e. The molecular weight excluding hydrogens is 306 g/mol. The van der Waals surface area contributed by atoms with Crippen molar-refractivity contribution in [3.05, 3.63) is 51.7 Å². The molecule has 0 aliphatic rings. The number of aliphatic hydroxyl groups excluding tert-OH is 1. The zero-order valence-corrected chi connectivity index (χ0v) is 13.7. The summed E-state index contributed by atoms with van der Waals surface area (Å²) >= 11 is 1.61. The molecule has 114 valence electrons. The van der Waals surface area contributed by atoms with E-state index < -0.39 is 16.1 Å². The van der Waals surface area contributed by atoms with Gasteiger partial charge in [-0.1, -0.05) is 19.1 Å². The van der Waals surface area contributed by atoms with Crippen LogP contribution >= 0.6 is 11.3 Å². The predicted octanol–water partition coefficient (Wildman–Crippen LogP) is 2.84. The molecule has 0 aliphatic carbocycles. The zero-order chi connectivity index (χ0) is 15.5. The van der Waals surface area contributed by atoms with Crippen LogP contribution < -0.4 is 4.72 Å². The highest BCUT2D eigenvalue weighted by atomic mass is 32.2. The highest BCUT2D eigenvalue weighted by Crippen LogP contribution is 2.19. The average Bonchev–Trinajstić information content (AvgIpc) is 2.93. The SMILES string of the molecule is CCc1ccc(CNS(=O)(=O)c2cccc(C(C)O)c2)s1. The Balaban J connectivity index is 2.12. The number of hydrogen-bond acceptors (Lipinski definition) is 4. The fourth-order valence-corrected chi connectivity index (χ4v) is 3.95. The Hall–Kier alpha value is -1.21. The van der Waals surface area contributed by atoms with Gasteiger partial charge in [-0.05, 0) is 43.2 Å². The van der Waals surface area contributed by atoms with E-state index in [1.807, 2.05) is 12.1 Å². The van der Waals surface area contributed by atoms with Gasteiger partial charge in [0, 0.05) is 16.3 Å². The van der Waals surface area contributed by atoms with Gasteiger partial charge in [-0.2, -0.15) is 0 Å². The molecule has 2 aromatic rings. The Labute approximate surface area is 129 Å². The molecule has 0 spiro atoms. The molecule has 1 unspecified atom stereocenters. The molecule has 21 heavy (non-hydrogen) atoms. The zero-order valence-electron chi connectivity index (χ0n) is 12.0. The van der Waals surface area contributed by atoms with Crippen molar-refractivity contribution in [1.82, 2.24) is 4.72 Å². The first-order chi connectivity index (χ1) is 9.92. The summed E-state index contributed by atoms with van der Waals surface area (Å²) in [6.07, 6.45) is 0.262. The van der Waals surface area contributed by atoms with Gasteiger partial charge in [0.1, 0.15) is 0 Å². The van der Waals surface area contributed by atoms with E-state index in [1.165, 1.54) is 17.0 Å². The van der Waals surface area contributed by atoms with Gasteiger partial charge in [-0.25, -0.2) is 13.1 Å². The quantitative estimate of drug-likeness (QED) is 0.858. The summed E-state index contributed by atoms with van der Waals surface area (Å²) in [5.74, 6) is 0. The molecule has 1 atom stereocenters. The standard InChI is InChI=1S/C15H19NO3S2/c1-3-13-7-8-14(20-13)10-16-21(18,19)15-6-4-5-12(9-15)11(2)17/h4-9,11,16-17H,3,10H2,1-2H3. The molecule has 0 fully saturated rings. The number of aliphatic hydroxyl groups is 1. The van der Waals surface area contributed by atoms with E-state index in [0.29, 0.717) is 5.56 Å². The highest BCUT2D eigenvalue weighted by molar-refractivity contribution is 7.89. The number of nitrogens with one attached hydrogen (secondary N) is 1. The van der Waals surface area contributed by atoms with Crippen LogP contribution in [0, 0.1) is 0 Å². The van der Waals surface area contributed by atoms with Crippen LogP contribution in [-0.2, 0) is 23.0 Å². The fraction of sp³-hybridized carbons (Fsp3) is 0.333. The number of rotatable bonds is 6. The van der Waals surface area contributed by atoms with Crippen LogP contribution in [0.15, 0.2) is 41.3 Å². The summed E-state index contributed by atoms with van der Waals surface area (Å²) in [7, 11) is -3.57. The Bertz CT molecular complexity index is 705. The molecule has 0 saturated heterocycles. The topological polar surface area (TPSA) is 66.4 Å². The molecule has 1 heterocycles. The normalized spacial score (nSPS) is 13.3. The van der Waals surface area contributed by atoms with Crippen LogP contribution in [-0.4, -0.2) is 13.5 Å². The molecule has 6 heteroatoms. The van der Waals surface area contributed by atoms with Crippen LogP contribution in [0.1, 0.15) is 35.3 Å². The lowest BCUT2D eigenvalue weighted by atomic mass is 10.1. The Morgan fingerprint density at radius 2 is 1.95 bits per heavy atom. The average molecular weight is 325 g/mol. The molecule has 0 amide bonds. The van der Waals surface area contributed by atoms with Crippen LogP contribution in [0.25, 0.3) is 0 Å². The summed E-state index contributed by atoms with van der Waals surface area (Å²) in [4.78, 5) is 2.40. The highest BCUT2D eigenvalue weighted by Gasteiger charge is 2.15. The lowest BCUT2D eigenvalue weighted by Gasteiger charge is -2.09. The van der Waals surface area contributed by atoms with E-state index in [-0.39, 0.29) is 11.4 Å². The van der Waals surface area contributed by atoms with E-state index in [4.69, 9.17) is 0 Å². The summed E-state index contributed by atoms with van der Waals surface area (Å²) in [6.45, 7) is 3.96. The number of thiophene rings is 1. The molecule has 2 rings (SSSR count). The summed E-state index contributed by atoms with van der Waals surface area (Å²) in [5, 5.41) is 9.54.